The van der Waals surface area contributed by atoms with E-state index in [2.05, 4.69) is 74.4 Å². The normalized spacial score (nSPS) is 17.3. The number of hydrogen-bond acceptors (Lipinski definition) is 6. The van der Waals surface area contributed by atoms with Crippen LogP contribution < -0.4 is 10.7 Å². The summed E-state index contributed by atoms with van der Waals surface area (Å²) in [6.07, 6.45) is 8.47. The minimum atomic E-state index is -1.23. The lowest BCUT2D eigenvalue weighted by molar-refractivity contribution is 0.0799. The van der Waals surface area contributed by atoms with Crippen molar-refractivity contribution in [3.8, 4) is 0 Å². The Bertz CT molecular complexity index is 1340. The van der Waals surface area contributed by atoms with E-state index >= 15 is 0 Å². The molecule has 0 saturated heterocycles. The Balaban J connectivity index is 1.56. The van der Waals surface area contributed by atoms with Gasteiger partial charge >= 0.3 is 0 Å². The summed E-state index contributed by atoms with van der Waals surface area (Å²) in [5, 5.41) is 3.19. The second kappa shape index (κ2) is 12.9. The molecule has 2 aliphatic rings. The second-order valence-electron chi connectivity index (χ2n) is 11.3. The first-order valence-corrected chi connectivity index (χ1v) is 17.3. The smallest absolute Gasteiger partial charge is 0.288 e. The number of nitrogens with one attached hydrogen (secondary N) is 2. The van der Waals surface area contributed by atoms with Crippen molar-refractivity contribution in [2.45, 2.75) is 70.4 Å². The third kappa shape index (κ3) is 7.66. The quantitative estimate of drug-likeness (QED) is 0.134. The molecular formula is C29H37N7O2Si. The third-order valence-corrected chi connectivity index (χ3v) is 8.80. The predicted octanol–water partition coefficient (Wildman–Crippen LogP) is 5.60. The summed E-state index contributed by atoms with van der Waals surface area (Å²) in [6.45, 7) is 23.4. The van der Waals surface area contributed by atoms with E-state index in [0.29, 0.717) is 25.7 Å². The van der Waals surface area contributed by atoms with Gasteiger partial charge in [-0.15, -0.1) is 0 Å². The molecule has 4 rings (SSSR count). The Morgan fingerprint density at radius 1 is 1.28 bits per heavy atom. The summed E-state index contributed by atoms with van der Waals surface area (Å²) in [6, 6.07) is 7.39. The molecule has 1 aliphatic heterocycles. The number of nitrogens with zero attached hydrogens (tertiary/aromatic N) is 5. The number of hydrogen-bond donors (Lipinski definition) is 2. The fraction of sp³-hybridized carbons (Fsp3) is 0.483. The van der Waals surface area contributed by atoms with Gasteiger partial charge in [0.15, 0.2) is 0 Å². The molecule has 2 N–H and O–H groups in total. The van der Waals surface area contributed by atoms with Crippen LogP contribution >= 0.6 is 0 Å². The zero-order valence-electron chi connectivity index (χ0n) is 23.1. The molecule has 204 valence electrons. The molecule has 9 nitrogen and oxygen atoms in total. The summed E-state index contributed by atoms with van der Waals surface area (Å²) in [4.78, 5) is 29.0. The maximum Gasteiger partial charge on any atom is 0.288 e. The van der Waals surface area contributed by atoms with E-state index in [1.807, 2.05) is 0 Å². The zero-order chi connectivity index (χ0) is 27.8. The van der Waals surface area contributed by atoms with E-state index in [0.717, 1.165) is 36.4 Å². The molecule has 0 spiro atoms. The average Bonchev–Trinajstić information content (AvgIpc) is 3.35. The van der Waals surface area contributed by atoms with Gasteiger partial charge in [-0.1, -0.05) is 60.9 Å². The van der Waals surface area contributed by atoms with Crippen LogP contribution in [-0.4, -0.2) is 49.1 Å². The van der Waals surface area contributed by atoms with Gasteiger partial charge in [0.2, 0.25) is 5.78 Å². The van der Waals surface area contributed by atoms with Gasteiger partial charge in [0.05, 0.1) is 6.54 Å². The molecule has 1 atom stereocenters. The molecule has 0 amide bonds. The van der Waals surface area contributed by atoms with E-state index in [1.54, 1.807) is 10.8 Å². The van der Waals surface area contributed by atoms with Crippen molar-refractivity contribution in [2.75, 3.05) is 19.7 Å². The van der Waals surface area contributed by atoms with Gasteiger partial charge in [0, 0.05) is 39.8 Å². The summed E-state index contributed by atoms with van der Waals surface area (Å²) in [5.74, 6) is 1.05. The van der Waals surface area contributed by atoms with Gasteiger partial charge in [0.1, 0.15) is 6.73 Å². The standard InChI is InChI=1S/C29H37N7O2Si/c1-30-27-19-36(20-38-13-14-39(3,4)5)28(34-27)26(37)16-23-12-11-22(15-25(23)21-9-7-6-8-10-21)24-17-32-29(33-18-24)35-31-2/h9,11-12,15,19,24H,6-8,10,13-14,16-18,20H2,3-5H3,(H2,32,33,35). The van der Waals surface area contributed by atoms with Crippen LogP contribution in [0.3, 0.4) is 0 Å². The second-order valence-corrected chi connectivity index (χ2v) is 17.0. The number of benzene rings is 1. The Morgan fingerprint density at radius 2 is 2.13 bits per heavy atom. The lowest BCUT2D eigenvalue weighted by Crippen LogP contribution is -2.40. The minimum Gasteiger partial charge on any atom is -0.361 e. The molecule has 1 unspecified atom stereocenters. The van der Waals surface area contributed by atoms with Crippen molar-refractivity contribution in [1.82, 2.24) is 20.3 Å². The van der Waals surface area contributed by atoms with E-state index in [-0.39, 0.29) is 36.5 Å². The highest BCUT2D eigenvalue weighted by Gasteiger charge is 2.24. The lowest BCUT2D eigenvalue weighted by atomic mass is 9.86. The molecule has 0 fully saturated rings. The van der Waals surface area contributed by atoms with Crippen LogP contribution in [0.15, 0.2) is 35.5 Å². The number of rotatable bonds is 10. The van der Waals surface area contributed by atoms with Crippen molar-refractivity contribution in [3.05, 3.63) is 75.9 Å². The maximum absolute atomic E-state index is 13.6. The number of imidazole rings is 1. The number of aliphatic imine (C=N–C) groups is 1. The van der Waals surface area contributed by atoms with Crippen LogP contribution in [-0.2, 0) is 17.9 Å². The average molecular weight is 544 g/mol. The summed E-state index contributed by atoms with van der Waals surface area (Å²) in [7, 11) is -1.23. The molecule has 39 heavy (non-hydrogen) atoms. The van der Waals surface area contributed by atoms with Crippen LogP contribution in [0.1, 0.15) is 58.9 Å². The Labute approximate surface area is 232 Å². The van der Waals surface area contributed by atoms with Crippen LogP contribution in [0.5, 0.6) is 0 Å². The zero-order valence-corrected chi connectivity index (χ0v) is 24.1. The van der Waals surface area contributed by atoms with Crippen molar-refractivity contribution in [1.29, 1.82) is 0 Å². The van der Waals surface area contributed by atoms with Crippen molar-refractivity contribution < 1.29 is 9.53 Å². The number of Topliss-reactive ketones (excluding diaryl/α,β-unsaturated/α-hetero) is 1. The van der Waals surface area contributed by atoms with Crippen LogP contribution in [0.2, 0.25) is 25.7 Å². The van der Waals surface area contributed by atoms with Crippen LogP contribution in [0.25, 0.3) is 15.4 Å². The highest BCUT2D eigenvalue weighted by molar-refractivity contribution is 6.76. The molecule has 1 aliphatic carbocycles. The van der Waals surface area contributed by atoms with E-state index in [1.165, 1.54) is 17.6 Å². The number of ether oxygens (including phenoxy) is 1. The molecule has 2 heterocycles. The Morgan fingerprint density at radius 3 is 2.79 bits per heavy atom. The number of carbonyl (C=O) groups excluding carboxylic acids is 1. The topological polar surface area (TPSA) is 89.3 Å². The highest BCUT2D eigenvalue weighted by Crippen LogP contribution is 2.32. The Kier molecular flexibility index (Phi) is 9.34. The molecule has 0 bridgehead atoms. The first-order chi connectivity index (χ1) is 18.8. The van der Waals surface area contributed by atoms with Crippen molar-refractivity contribution in [2.24, 2.45) is 4.99 Å². The first kappa shape index (κ1) is 28.3. The number of allylic oxidation sites excluding steroid dienone is 2. The van der Waals surface area contributed by atoms with Gasteiger partial charge in [0.25, 0.3) is 17.6 Å². The fourth-order valence-corrected chi connectivity index (χ4v) is 5.60. The van der Waals surface area contributed by atoms with Gasteiger partial charge in [-0.3, -0.25) is 9.36 Å². The minimum absolute atomic E-state index is 0.122. The summed E-state index contributed by atoms with van der Waals surface area (Å²) < 4.78 is 7.55. The summed E-state index contributed by atoms with van der Waals surface area (Å²) >= 11 is 0. The van der Waals surface area contributed by atoms with Crippen molar-refractivity contribution in [3.63, 3.8) is 0 Å². The number of carbonyl (C=O) groups is 1. The maximum atomic E-state index is 13.6. The number of aromatic nitrogens is 2. The third-order valence-electron chi connectivity index (χ3n) is 7.10. The van der Waals surface area contributed by atoms with Crippen molar-refractivity contribution >= 4 is 31.2 Å². The van der Waals surface area contributed by atoms with Crippen LogP contribution in [0.4, 0.5) is 5.82 Å². The van der Waals surface area contributed by atoms with Gasteiger partial charge in [-0.25, -0.2) is 4.99 Å². The molecule has 1 aromatic heterocycles. The predicted molar refractivity (Wildman–Crippen MR) is 156 cm³/mol. The molecular weight excluding hydrogens is 506 g/mol. The Hall–Kier alpha value is -3.73. The number of ketones is 1. The SMILES string of the molecule is [C-]#[N+]NC1=NCC(c2ccc(CC(=O)c3nc([N+]#[C-])cn3COCC[Si](C)(C)C)c(C3=CCCCC3)c2)CN1. The van der Waals surface area contributed by atoms with E-state index in [9.17, 15) is 4.79 Å². The summed E-state index contributed by atoms with van der Waals surface area (Å²) in [5.41, 5.74) is 7.09. The largest absolute Gasteiger partial charge is 0.361 e. The van der Waals surface area contributed by atoms with Gasteiger partial charge in [-0.2, -0.15) is 11.5 Å². The number of guanidine groups is 1. The van der Waals surface area contributed by atoms with Gasteiger partial charge < -0.3 is 14.9 Å². The van der Waals surface area contributed by atoms with E-state index in [4.69, 9.17) is 17.9 Å². The molecule has 0 radical (unpaired) electrons. The monoisotopic (exact) mass is 543 g/mol. The lowest BCUT2D eigenvalue weighted by Gasteiger charge is -2.24. The molecule has 2 aromatic rings. The first-order valence-electron chi connectivity index (χ1n) is 13.6. The molecule has 1 aromatic carbocycles. The highest BCUT2D eigenvalue weighted by atomic mass is 28.3. The van der Waals surface area contributed by atoms with Crippen LogP contribution in [0, 0.1) is 13.1 Å². The molecule has 10 heteroatoms. The molecule has 0 saturated carbocycles. The van der Waals surface area contributed by atoms with Gasteiger partial charge in [-0.05, 0) is 54.0 Å². The fourth-order valence-electron chi connectivity index (χ4n) is 4.85. The van der Waals surface area contributed by atoms with E-state index < -0.39 is 8.07 Å².